The number of hydrogen-bond donors (Lipinski definition) is 1. The molecule has 2 rings (SSSR count). The van der Waals surface area contributed by atoms with E-state index in [1.165, 1.54) is 0 Å². The van der Waals surface area contributed by atoms with E-state index >= 15 is 0 Å². The highest BCUT2D eigenvalue weighted by Crippen LogP contribution is 2.28. The van der Waals surface area contributed by atoms with Crippen LogP contribution in [0.3, 0.4) is 0 Å². The number of rotatable bonds is 3. The molecule has 0 bridgehead atoms. The van der Waals surface area contributed by atoms with Crippen LogP contribution >= 0.6 is 0 Å². The van der Waals surface area contributed by atoms with Crippen molar-refractivity contribution in [1.29, 1.82) is 0 Å². The Labute approximate surface area is 100 Å². The predicted octanol–water partition coefficient (Wildman–Crippen LogP) is 4.37. The van der Waals surface area contributed by atoms with Gasteiger partial charge in [-0.05, 0) is 36.2 Å². The van der Waals surface area contributed by atoms with E-state index in [4.69, 9.17) is 0 Å². The summed E-state index contributed by atoms with van der Waals surface area (Å²) in [5, 5.41) is 17.8. The lowest BCUT2D eigenvalue weighted by Crippen LogP contribution is -1.78. The molecular weight excluding hydrogens is 212 g/mol. The van der Waals surface area contributed by atoms with Crippen molar-refractivity contribution in [1.82, 2.24) is 0 Å². The van der Waals surface area contributed by atoms with Crippen LogP contribution in [-0.2, 0) is 6.42 Å². The lowest BCUT2D eigenvalue weighted by molar-refractivity contribution is 0.475. The first-order valence-electron chi connectivity index (χ1n) is 5.58. The topological polar surface area (TPSA) is 45.0 Å². The molecule has 3 nitrogen and oxygen atoms in total. The van der Waals surface area contributed by atoms with Gasteiger partial charge < -0.3 is 5.11 Å². The van der Waals surface area contributed by atoms with E-state index in [-0.39, 0.29) is 5.75 Å². The fourth-order valence-corrected chi connectivity index (χ4v) is 1.48. The van der Waals surface area contributed by atoms with Crippen molar-refractivity contribution in [2.75, 3.05) is 0 Å². The van der Waals surface area contributed by atoms with Gasteiger partial charge in [-0.25, -0.2) is 0 Å². The van der Waals surface area contributed by atoms with E-state index in [9.17, 15) is 5.11 Å². The molecule has 0 aliphatic heterocycles. The molecule has 0 aliphatic carbocycles. The SMILES string of the molecule is CCc1ccc(N=Nc2ccccc2)c(O)c1. The molecule has 0 saturated heterocycles. The maximum absolute atomic E-state index is 9.75. The highest BCUT2D eigenvalue weighted by atomic mass is 16.3. The number of benzene rings is 2. The Morgan fingerprint density at radius 3 is 2.41 bits per heavy atom. The minimum Gasteiger partial charge on any atom is -0.506 e. The molecule has 0 aromatic heterocycles. The monoisotopic (exact) mass is 226 g/mol. The molecule has 3 heteroatoms. The molecule has 0 atom stereocenters. The van der Waals surface area contributed by atoms with Crippen molar-refractivity contribution in [2.24, 2.45) is 10.2 Å². The smallest absolute Gasteiger partial charge is 0.143 e. The average molecular weight is 226 g/mol. The summed E-state index contributed by atoms with van der Waals surface area (Å²) in [7, 11) is 0. The van der Waals surface area contributed by atoms with Crippen LogP contribution in [0.25, 0.3) is 0 Å². The van der Waals surface area contributed by atoms with Gasteiger partial charge in [0.1, 0.15) is 11.4 Å². The number of aromatic hydroxyl groups is 1. The molecule has 2 aromatic rings. The third-order valence-electron chi connectivity index (χ3n) is 2.48. The molecule has 0 unspecified atom stereocenters. The molecular formula is C14H14N2O. The Hall–Kier alpha value is -2.16. The van der Waals surface area contributed by atoms with Crippen molar-refractivity contribution in [3.05, 3.63) is 54.1 Å². The third kappa shape index (κ3) is 2.91. The number of hydrogen-bond acceptors (Lipinski definition) is 3. The maximum atomic E-state index is 9.75. The van der Waals surface area contributed by atoms with Gasteiger partial charge in [0, 0.05) is 0 Å². The van der Waals surface area contributed by atoms with Gasteiger partial charge in [0.25, 0.3) is 0 Å². The van der Waals surface area contributed by atoms with E-state index in [1.54, 1.807) is 12.1 Å². The van der Waals surface area contributed by atoms with Gasteiger partial charge in [0.2, 0.25) is 0 Å². The van der Waals surface area contributed by atoms with Gasteiger partial charge in [0.15, 0.2) is 0 Å². The molecule has 0 radical (unpaired) electrons. The lowest BCUT2D eigenvalue weighted by atomic mass is 10.1. The Morgan fingerprint density at radius 1 is 1.00 bits per heavy atom. The summed E-state index contributed by atoms with van der Waals surface area (Å²) in [5.74, 6) is 0.170. The van der Waals surface area contributed by atoms with Crippen LogP contribution in [0, 0.1) is 0 Å². The van der Waals surface area contributed by atoms with Crippen LogP contribution in [0.2, 0.25) is 0 Å². The van der Waals surface area contributed by atoms with Gasteiger partial charge in [-0.2, -0.15) is 5.11 Å². The van der Waals surface area contributed by atoms with Crippen LogP contribution < -0.4 is 0 Å². The lowest BCUT2D eigenvalue weighted by Gasteiger charge is -2.00. The number of aryl methyl sites for hydroxylation is 1. The zero-order valence-corrected chi connectivity index (χ0v) is 9.67. The molecule has 0 spiro atoms. The first-order valence-corrected chi connectivity index (χ1v) is 5.58. The van der Waals surface area contributed by atoms with Gasteiger partial charge in [-0.15, -0.1) is 5.11 Å². The Bertz CT molecular complexity index is 521. The van der Waals surface area contributed by atoms with Crippen LogP contribution in [0.4, 0.5) is 11.4 Å². The van der Waals surface area contributed by atoms with Crippen molar-refractivity contribution in [3.8, 4) is 5.75 Å². The summed E-state index contributed by atoms with van der Waals surface area (Å²) in [6.45, 7) is 2.04. The largest absolute Gasteiger partial charge is 0.506 e. The zero-order chi connectivity index (χ0) is 12.1. The van der Waals surface area contributed by atoms with Crippen LogP contribution in [0.15, 0.2) is 58.8 Å². The molecule has 0 heterocycles. The molecule has 86 valence electrons. The molecule has 0 amide bonds. The summed E-state index contributed by atoms with van der Waals surface area (Å²) in [6, 6.07) is 14.9. The van der Waals surface area contributed by atoms with Crippen molar-refractivity contribution < 1.29 is 5.11 Å². The third-order valence-corrected chi connectivity index (χ3v) is 2.48. The summed E-state index contributed by atoms with van der Waals surface area (Å²) >= 11 is 0. The van der Waals surface area contributed by atoms with Crippen LogP contribution in [0.5, 0.6) is 5.75 Å². The highest BCUT2D eigenvalue weighted by molar-refractivity contribution is 5.52. The minimum absolute atomic E-state index is 0.170. The Morgan fingerprint density at radius 2 is 1.76 bits per heavy atom. The number of phenolic OH excluding ortho intramolecular Hbond substituents is 1. The van der Waals surface area contributed by atoms with E-state index in [1.807, 2.05) is 43.3 Å². The highest BCUT2D eigenvalue weighted by Gasteiger charge is 2.00. The first-order chi connectivity index (χ1) is 8.29. The molecule has 17 heavy (non-hydrogen) atoms. The summed E-state index contributed by atoms with van der Waals surface area (Å²) < 4.78 is 0. The maximum Gasteiger partial charge on any atom is 0.143 e. The minimum atomic E-state index is 0.170. The summed E-state index contributed by atoms with van der Waals surface area (Å²) in [5.41, 5.74) is 2.35. The second kappa shape index (κ2) is 5.25. The molecule has 0 aliphatic rings. The van der Waals surface area contributed by atoms with Crippen LogP contribution in [0.1, 0.15) is 12.5 Å². The number of phenols is 1. The Balaban J connectivity index is 2.22. The molecule has 2 aromatic carbocycles. The number of nitrogens with zero attached hydrogens (tertiary/aromatic N) is 2. The van der Waals surface area contributed by atoms with Gasteiger partial charge in [-0.3, -0.25) is 0 Å². The summed E-state index contributed by atoms with van der Waals surface area (Å²) in [6.07, 6.45) is 0.893. The first kappa shape index (κ1) is 11.3. The van der Waals surface area contributed by atoms with Gasteiger partial charge in [0.05, 0.1) is 5.69 Å². The van der Waals surface area contributed by atoms with E-state index in [0.717, 1.165) is 17.7 Å². The second-order valence-electron chi connectivity index (χ2n) is 3.71. The standard InChI is InChI=1S/C14H14N2O/c1-2-11-8-9-13(14(17)10-11)16-15-12-6-4-3-5-7-12/h3-10,17H,2H2,1H3. The van der Waals surface area contributed by atoms with Gasteiger partial charge in [-0.1, -0.05) is 31.2 Å². The molecule has 0 saturated carbocycles. The normalized spacial score (nSPS) is 10.9. The van der Waals surface area contributed by atoms with E-state index in [2.05, 4.69) is 10.2 Å². The van der Waals surface area contributed by atoms with Crippen molar-refractivity contribution in [2.45, 2.75) is 13.3 Å². The summed E-state index contributed by atoms with van der Waals surface area (Å²) in [4.78, 5) is 0. The Kier molecular flexibility index (Phi) is 3.50. The van der Waals surface area contributed by atoms with Gasteiger partial charge >= 0.3 is 0 Å². The molecule has 0 fully saturated rings. The number of azo groups is 1. The van der Waals surface area contributed by atoms with Crippen LogP contribution in [-0.4, -0.2) is 5.11 Å². The zero-order valence-electron chi connectivity index (χ0n) is 9.67. The molecule has 1 N–H and O–H groups in total. The predicted molar refractivity (Wildman–Crippen MR) is 68.1 cm³/mol. The van der Waals surface area contributed by atoms with E-state index < -0.39 is 0 Å². The second-order valence-corrected chi connectivity index (χ2v) is 3.71. The van der Waals surface area contributed by atoms with Crippen molar-refractivity contribution >= 4 is 11.4 Å². The fraction of sp³-hybridized carbons (Fsp3) is 0.143. The average Bonchev–Trinajstić information content (AvgIpc) is 2.38. The van der Waals surface area contributed by atoms with Crippen molar-refractivity contribution in [3.63, 3.8) is 0 Å². The van der Waals surface area contributed by atoms with E-state index in [0.29, 0.717) is 5.69 Å². The fourth-order valence-electron chi connectivity index (χ4n) is 1.48. The quantitative estimate of drug-likeness (QED) is 0.776.